The molecule has 1 unspecified atom stereocenters. The number of carbonyl (C=O) groups is 1. The molecule has 0 aliphatic heterocycles. The number of carbonyl (C=O) groups excluding carboxylic acids is 1. The first-order valence-corrected chi connectivity index (χ1v) is 8.19. The smallest absolute Gasteiger partial charge is 0.254 e. The Balaban J connectivity index is 1.76. The third-order valence-corrected chi connectivity index (χ3v) is 4.15. The van der Waals surface area contributed by atoms with Crippen molar-refractivity contribution in [1.29, 1.82) is 0 Å². The van der Waals surface area contributed by atoms with Crippen LogP contribution in [-0.2, 0) is 5.54 Å². The van der Waals surface area contributed by atoms with E-state index in [-0.39, 0.29) is 17.5 Å². The molecule has 0 saturated carbocycles. The van der Waals surface area contributed by atoms with Crippen LogP contribution in [0.25, 0.3) is 10.8 Å². The molecule has 0 radical (unpaired) electrons. The second-order valence-corrected chi connectivity index (χ2v) is 7.15. The summed E-state index contributed by atoms with van der Waals surface area (Å²) in [6.45, 7) is 8.16. The first-order valence-electron chi connectivity index (χ1n) is 8.19. The van der Waals surface area contributed by atoms with Crippen LogP contribution in [0.1, 0.15) is 49.7 Å². The van der Waals surface area contributed by atoms with Gasteiger partial charge in [-0.25, -0.2) is 0 Å². The van der Waals surface area contributed by atoms with Crippen LogP contribution in [0.4, 0.5) is 0 Å². The van der Waals surface area contributed by atoms with Gasteiger partial charge in [-0.15, -0.1) is 0 Å². The highest BCUT2D eigenvalue weighted by Gasteiger charge is 2.18. The number of rotatable bonds is 3. The Morgan fingerprint density at radius 1 is 1.12 bits per heavy atom. The molecule has 0 spiro atoms. The van der Waals surface area contributed by atoms with Crippen LogP contribution in [0.5, 0.6) is 0 Å². The molecule has 124 valence electrons. The summed E-state index contributed by atoms with van der Waals surface area (Å²) in [4.78, 5) is 12.5. The van der Waals surface area contributed by atoms with Crippen LogP contribution in [0.2, 0.25) is 0 Å². The highest BCUT2D eigenvalue weighted by atomic mass is 16.1. The third kappa shape index (κ3) is 3.32. The molecular weight excluding hydrogens is 298 g/mol. The van der Waals surface area contributed by atoms with E-state index < -0.39 is 0 Å². The Morgan fingerprint density at radius 3 is 2.50 bits per heavy atom. The highest BCUT2D eigenvalue weighted by Crippen LogP contribution is 2.21. The molecule has 1 amide bonds. The lowest BCUT2D eigenvalue weighted by atomic mass is 10.0. The zero-order chi connectivity index (χ0) is 17.3. The van der Waals surface area contributed by atoms with E-state index in [1.54, 1.807) is 12.4 Å². The molecule has 1 aromatic heterocycles. The van der Waals surface area contributed by atoms with Crippen molar-refractivity contribution in [2.24, 2.45) is 0 Å². The first kappa shape index (κ1) is 16.2. The molecule has 3 aromatic rings. The zero-order valence-corrected chi connectivity index (χ0v) is 14.6. The van der Waals surface area contributed by atoms with E-state index in [4.69, 9.17) is 0 Å². The van der Waals surface area contributed by atoms with Crippen LogP contribution < -0.4 is 5.32 Å². The maximum atomic E-state index is 12.5. The summed E-state index contributed by atoms with van der Waals surface area (Å²) in [6, 6.07) is 14.4. The molecule has 0 fully saturated rings. The molecule has 0 saturated heterocycles. The molecule has 3 rings (SSSR count). The Labute approximate surface area is 142 Å². The van der Waals surface area contributed by atoms with Gasteiger partial charge in [0.1, 0.15) is 0 Å². The van der Waals surface area contributed by atoms with Gasteiger partial charge in [-0.05, 0) is 50.1 Å². The lowest BCUT2D eigenvalue weighted by Crippen LogP contribution is -2.26. The number of hydrogen-bond acceptors (Lipinski definition) is 2. The fraction of sp³-hybridized carbons (Fsp3) is 0.300. The van der Waals surface area contributed by atoms with E-state index in [9.17, 15) is 4.79 Å². The van der Waals surface area contributed by atoms with E-state index >= 15 is 0 Å². The molecule has 4 nitrogen and oxygen atoms in total. The predicted octanol–water partition coefficient (Wildman–Crippen LogP) is 4.28. The van der Waals surface area contributed by atoms with Crippen LogP contribution in [0, 0.1) is 0 Å². The van der Waals surface area contributed by atoms with Crippen LogP contribution in [-0.4, -0.2) is 15.7 Å². The minimum absolute atomic E-state index is 0.0694. The first-order chi connectivity index (χ1) is 11.3. The van der Waals surface area contributed by atoms with Crippen molar-refractivity contribution in [3.8, 4) is 0 Å². The summed E-state index contributed by atoms with van der Waals surface area (Å²) in [5.74, 6) is -0.105. The van der Waals surface area contributed by atoms with Gasteiger partial charge in [-0.2, -0.15) is 5.10 Å². The Hall–Kier alpha value is -2.62. The number of nitrogens with one attached hydrogen (secondary N) is 1. The van der Waals surface area contributed by atoms with Crippen LogP contribution >= 0.6 is 0 Å². The number of nitrogens with zero attached hydrogens (tertiary/aromatic N) is 2. The van der Waals surface area contributed by atoms with Gasteiger partial charge in [0.05, 0.1) is 23.3 Å². The normalized spacial score (nSPS) is 13.0. The Bertz CT molecular complexity index is 874. The van der Waals surface area contributed by atoms with Gasteiger partial charge in [0, 0.05) is 6.20 Å². The SMILES string of the molecule is CC(NC(=O)c1cnn(C(C)(C)C)c1)c1ccc2ccccc2c1. The molecule has 1 atom stereocenters. The molecular formula is C20H23N3O. The number of benzene rings is 2. The molecule has 24 heavy (non-hydrogen) atoms. The van der Waals surface area contributed by atoms with Crippen molar-refractivity contribution in [1.82, 2.24) is 15.1 Å². The van der Waals surface area contributed by atoms with E-state index in [2.05, 4.69) is 61.5 Å². The summed E-state index contributed by atoms with van der Waals surface area (Å²) in [6.07, 6.45) is 3.41. The lowest BCUT2D eigenvalue weighted by Gasteiger charge is -2.18. The average Bonchev–Trinajstić information content (AvgIpc) is 3.04. The van der Waals surface area contributed by atoms with E-state index in [0.717, 1.165) is 5.56 Å². The van der Waals surface area contributed by atoms with Crippen LogP contribution in [0.15, 0.2) is 54.9 Å². The van der Waals surface area contributed by atoms with Gasteiger partial charge in [0.25, 0.3) is 5.91 Å². The lowest BCUT2D eigenvalue weighted by molar-refractivity contribution is 0.0939. The summed E-state index contributed by atoms with van der Waals surface area (Å²) < 4.78 is 1.81. The monoisotopic (exact) mass is 321 g/mol. The largest absolute Gasteiger partial charge is 0.345 e. The van der Waals surface area contributed by atoms with E-state index in [0.29, 0.717) is 5.56 Å². The summed E-state index contributed by atoms with van der Waals surface area (Å²) >= 11 is 0. The minimum Gasteiger partial charge on any atom is -0.345 e. The number of hydrogen-bond donors (Lipinski definition) is 1. The third-order valence-electron chi connectivity index (χ3n) is 4.15. The Morgan fingerprint density at radius 2 is 1.83 bits per heavy atom. The van der Waals surface area contributed by atoms with Gasteiger partial charge >= 0.3 is 0 Å². The molecule has 1 heterocycles. The summed E-state index contributed by atoms with van der Waals surface area (Å²) in [5, 5.41) is 9.71. The van der Waals surface area contributed by atoms with Crippen molar-refractivity contribution in [3.05, 3.63) is 66.0 Å². The molecule has 2 aromatic carbocycles. The van der Waals surface area contributed by atoms with Gasteiger partial charge in [0.15, 0.2) is 0 Å². The highest BCUT2D eigenvalue weighted by molar-refractivity contribution is 5.94. The second-order valence-electron chi connectivity index (χ2n) is 7.15. The zero-order valence-electron chi connectivity index (χ0n) is 14.6. The number of fused-ring (bicyclic) bond motifs is 1. The van der Waals surface area contributed by atoms with Gasteiger partial charge in [0.2, 0.25) is 0 Å². The molecule has 4 heteroatoms. The van der Waals surface area contributed by atoms with Crippen LogP contribution in [0.3, 0.4) is 0 Å². The van der Waals surface area contributed by atoms with Crippen molar-refractivity contribution in [3.63, 3.8) is 0 Å². The van der Waals surface area contributed by atoms with Crippen molar-refractivity contribution in [2.75, 3.05) is 0 Å². The number of aromatic nitrogens is 2. The van der Waals surface area contributed by atoms with Crippen molar-refractivity contribution >= 4 is 16.7 Å². The summed E-state index contributed by atoms with van der Waals surface area (Å²) in [7, 11) is 0. The standard InChI is InChI=1S/C20H23N3O/c1-14(16-10-9-15-7-5-6-8-17(15)11-16)22-19(24)18-12-21-23(13-18)20(2,3)4/h5-14H,1-4H3,(H,22,24). The fourth-order valence-electron chi connectivity index (χ4n) is 2.65. The van der Waals surface area contributed by atoms with Gasteiger partial charge in [-0.3, -0.25) is 9.48 Å². The fourth-order valence-corrected chi connectivity index (χ4v) is 2.65. The minimum atomic E-state index is -0.136. The van der Waals surface area contributed by atoms with Crippen molar-refractivity contribution in [2.45, 2.75) is 39.3 Å². The van der Waals surface area contributed by atoms with Gasteiger partial charge in [-0.1, -0.05) is 36.4 Å². The topological polar surface area (TPSA) is 46.9 Å². The molecule has 0 aliphatic carbocycles. The maximum Gasteiger partial charge on any atom is 0.254 e. The predicted molar refractivity (Wildman–Crippen MR) is 97.1 cm³/mol. The van der Waals surface area contributed by atoms with Gasteiger partial charge < -0.3 is 5.32 Å². The Kier molecular flexibility index (Phi) is 4.14. The maximum absolute atomic E-state index is 12.5. The second kappa shape index (κ2) is 6.11. The quantitative estimate of drug-likeness (QED) is 0.782. The van der Waals surface area contributed by atoms with E-state index in [1.807, 2.05) is 23.7 Å². The molecule has 1 N–H and O–H groups in total. The average molecular weight is 321 g/mol. The summed E-state index contributed by atoms with van der Waals surface area (Å²) in [5.41, 5.74) is 1.53. The van der Waals surface area contributed by atoms with E-state index in [1.165, 1.54) is 10.8 Å². The molecule has 0 aliphatic rings. The molecule has 0 bridgehead atoms. The van der Waals surface area contributed by atoms with Crippen molar-refractivity contribution < 1.29 is 4.79 Å². The number of amides is 1.